The van der Waals surface area contributed by atoms with Crippen LogP contribution in [0.4, 0.5) is 9.59 Å². The number of likely N-dealkylation sites (tertiary alicyclic amines) is 2. The van der Waals surface area contributed by atoms with Crippen LogP contribution >= 0.6 is 0 Å². The molecule has 16 heteroatoms. The van der Waals surface area contributed by atoms with Gasteiger partial charge in [-0.3, -0.25) is 0 Å². The molecular weight excluding hydrogens is 977 g/mol. The highest BCUT2D eigenvalue weighted by atomic mass is 16.6. The van der Waals surface area contributed by atoms with E-state index < -0.39 is 11.2 Å². The first-order valence-electron chi connectivity index (χ1n) is 30.8. The minimum atomic E-state index is -0.410. The lowest BCUT2D eigenvalue weighted by molar-refractivity contribution is 0.0279. The summed E-state index contributed by atoms with van der Waals surface area (Å²) in [5.41, 5.74) is 0.470. The van der Waals surface area contributed by atoms with Crippen LogP contribution in [0.25, 0.3) is 0 Å². The van der Waals surface area contributed by atoms with Gasteiger partial charge in [0.05, 0.1) is 0 Å². The van der Waals surface area contributed by atoms with Crippen molar-refractivity contribution < 1.29 is 19.1 Å². The summed E-state index contributed by atoms with van der Waals surface area (Å²) in [5, 5.41) is 34.7. The van der Waals surface area contributed by atoms with E-state index in [0.29, 0.717) is 24.2 Å². The van der Waals surface area contributed by atoms with Crippen molar-refractivity contribution in [3.05, 3.63) is 0 Å². The molecule has 0 aromatic heterocycles. The summed E-state index contributed by atoms with van der Waals surface area (Å²) in [6, 6.07) is 2.14. The lowest BCUT2D eigenvalue weighted by Gasteiger charge is -2.28. The van der Waals surface area contributed by atoms with Crippen molar-refractivity contribution in [3.63, 3.8) is 0 Å². The molecule has 6 fully saturated rings. The summed E-state index contributed by atoms with van der Waals surface area (Å²) in [6.07, 6.45) is 9.55. The van der Waals surface area contributed by atoms with Crippen LogP contribution in [0, 0.1) is 11.8 Å². The second kappa shape index (κ2) is 34.0. The van der Waals surface area contributed by atoms with E-state index in [1.165, 1.54) is 84.3 Å². The van der Waals surface area contributed by atoms with Crippen LogP contribution in [0.2, 0.25) is 0 Å². The van der Waals surface area contributed by atoms with E-state index in [-0.39, 0.29) is 45.4 Å². The van der Waals surface area contributed by atoms with Gasteiger partial charge in [0.1, 0.15) is 11.2 Å². The van der Waals surface area contributed by atoms with Gasteiger partial charge in [0, 0.05) is 96.7 Å². The molecule has 6 rings (SSSR count). The van der Waals surface area contributed by atoms with Gasteiger partial charge in [-0.05, 0) is 282 Å². The molecule has 6 heterocycles. The van der Waals surface area contributed by atoms with Crippen molar-refractivity contribution >= 4 is 12.2 Å². The molecule has 78 heavy (non-hydrogen) atoms. The minimum Gasteiger partial charge on any atom is -0.444 e. The highest BCUT2D eigenvalue weighted by Crippen LogP contribution is 2.19. The Morgan fingerprint density at radius 2 is 0.718 bits per heavy atom. The van der Waals surface area contributed by atoms with E-state index in [2.05, 4.69) is 178 Å². The Balaban J connectivity index is 0.000000474. The lowest BCUT2D eigenvalue weighted by atomic mass is 9.97. The third-order valence-corrected chi connectivity index (χ3v) is 13.0. The number of hydrogen-bond donors (Lipinski definition) is 10. The van der Waals surface area contributed by atoms with Crippen LogP contribution in [0.15, 0.2) is 0 Å². The molecule has 0 aliphatic carbocycles. The Morgan fingerprint density at radius 3 is 1.01 bits per heavy atom. The van der Waals surface area contributed by atoms with Crippen LogP contribution in [0.3, 0.4) is 0 Å². The van der Waals surface area contributed by atoms with Crippen LogP contribution in [-0.2, 0) is 9.47 Å². The monoisotopic (exact) mass is 1110 g/mol. The molecule has 0 spiro atoms. The molecular formula is C62H132N12O4. The molecule has 0 aromatic carbocycles. The summed E-state index contributed by atoms with van der Waals surface area (Å²) in [7, 11) is 0. The van der Waals surface area contributed by atoms with Crippen LogP contribution in [-0.4, -0.2) is 182 Å². The summed E-state index contributed by atoms with van der Waals surface area (Å²) in [5.74, 6) is 1.74. The van der Waals surface area contributed by atoms with E-state index >= 15 is 0 Å². The normalized spacial score (nSPS) is 23.7. The average molecular weight is 1110 g/mol. The summed E-state index contributed by atoms with van der Waals surface area (Å²) in [6.45, 7) is 65.7. The molecule has 10 N–H and O–H groups in total. The second-order valence-corrected chi connectivity index (χ2v) is 31.4. The molecule has 6 saturated heterocycles. The molecule has 1 unspecified atom stereocenters. The number of carbonyl (C=O) groups excluding carboxylic acids is 2. The largest absolute Gasteiger partial charge is 0.444 e. The van der Waals surface area contributed by atoms with Crippen molar-refractivity contribution in [2.24, 2.45) is 11.8 Å². The van der Waals surface area contributed by atoms with Gasteiger partial charge in [0.15, 0.2) is 0 Å². The lowest BCUT2D eigenvalue weighted by Crippen LogP contribution is -2.45. The maximum atomic E-state index is 11.8. The zero-order valence-electron chi connectivity index (χ0n) is 55.5. The van der Waals surface area contributed by atoms with E-state index in [4.69, 9.17) is 9.47 Å². The Bertz CT molecular complexity index is 1470. The number of hydrogen-bond acceptors (Lipinski definition) is 14. The Kier molecular flexibility index (Phi) is 32.4. The molecule has 0 saturated carbocycles. The molecule has 464 valence electrons. The third kappa shape index (κ3) is 42.9. The molecule has 0 radical (unpaired) electrons. The number of carbonyl (C=O) groups is 2. The number of rotatable bonds is 8. The van der Waals surface area contributed by atoms with E-state index in [9.17, 15) is 9.59 Å². The van der Waals surface area contributed by atoms with Crippen molar-refractivity contribution in [1.29, 1.82) is 0 Å². The highest BCUT2D eigenvalue weighted by Gasteiger charge is 2.33. The van der Waals surface area contributed by atoms with Gasteiger partial charge in [-0.2, -0.15) is 0 Å². The van der Waals surface area contributed by atoms with Gasteiger partial charge in [-0.15, -0.1) is 0 Å². The van der Waals surface area contributed by atoms with Gasteiger partial charge in [0.25, 0.3) is 0 Å². The van der Waals surface area contributed by atoms with Crippen LogP contribution in [0.1, 0.15) is 218 Å². The number of piperidine rings is 2. The standard InChI is InChI=1S/2C13H26N2O2.2C10H22N2.2C8H18N2/c2*1-12(2,3)14-10-7-8-15(9-10)11(16)17-13(4,5)6;1-10(2,3)12-8-9-4-6-11-7-5-9;1-10(2,3)12-8-9-5-4-6-11-7-9;2*1-8(2,3)10-7-4-5-9-6-7/h2*10,14H,7-9H2,1-6H3;2*9,11-12H,4-8H2,1-3H3;2*7,9-10H,4-6H2,1-3H3/t2*10-;;;2*7-/m10..10/s1. The zero-order valence-corrected chi connectivity index (χ0v) is 55.5. The quantitative estimate of drug-likeness (QED) is 0.111. The molecule has 6 aliphatic heterocycles. The van der Waals surface area contributed by atoms with E-state index in [1.54, 1.807) is 9.80 Å². The van der Waals surface area contributed by atoms with Crippen molar-refractivity contribution in [3.8, 4) is 0 Å². The molecule has 2 amide bonds. The minimum absolute atomic E-state index is 0.0919. The average Bonchev–Trinajstić information content (AvgIpc) is 4.11. The van der Waals surface area contributed by atoms with E-state index in [0.717, 1.165) is 70.5 Å². The zero-order chi connectivity index (χ0) is 59.8. The molecule has 16 nitrogen and oxygen atoms in total. The second-order valence-electron chi connectivity index (χ2n) is 31.4. The third-order valence-electron chi connectivity index (χ3n) is 13.0. The molecule has 6 aliphatic rings. The van der Waals surface area contributed by atoms with Crippen molar-refractivity contribution in [2.45, 2.75) is 286 Å². The highest BCUT2D eigenvalue weighted by molar-refractivity contribution is 5.69. The molecule has 0 bridgehead atoms. The van der Waals surface area contributed by atoms with E-state index in [1.807, 2.05) is 41.5 Å². The first kappa shape index (κ1) is 74.2. The smallest absolute Gasteiger partial charge is 0.410 e. The Hall–Kier alpha value is -1.86. The summed E-state index contributed by atoms with van der Waals surface area (Å²) >= 11 is 0. The van der Waals surface area contributed by atoms with Crippen molar-refractivity contribution in [1.82, 2.24) is 63.0 Å². The maximum Gasteiger partial charge on any atom is 0.410 e. The van der Waals surface area contributed by atoms with Gasteiger partial charge in [-0.25, -0.2) is 9.59 Å². The number of nitrogens with one attached hydrogen (secondary N) is 10. The van der Waals surface area contributed by atoms with Gasteiger partial charge in [0.2, 0.25) is 0 Å². The maximum absolute atomic E-state index is 11.8. The van der Waals surface area contributed by atoms with Crippen molar-refractivity contribution in [2.75, 3.05) is 91.6 Å². The first-order valence-corrected chi connectivity index (χ1v) is 30.8. The first-order chi connectivity index (χ1) is 35.4. The topological polar surface area (TPSA) is 179 Å². The van der Waals surface area contributed by atoms with Gasteiger partial charge in [-0.1, -0.05) is 0 Å². The number of amides is 2. The van der Waals surface area contributed by atoms with Gasteiger partial charge < -0.3 is 72.4 Å². The molecule has 0 aromatic rings. The fraction of sp³-hybridized carbons (Fsp3) is 0.968. The fourth-order valence-corrected chi connectivity index (χ4v) is 9.83. The Labute approximate surface area is 482 Å². The summed E-state index contributed by atoms with van der Waals surface area (Å²) < 4.78 is 10.7. The number of ether oxygens (including phenoxy) is 2. The van der Waals surface area contributed by atoms with Crippen LogP contribution in [0.5, 0.6) is 0 Å². The summed E-state index contributed by atoms with van der Waals surface area (Å²) in [4.78, 5) is 27.3. The number of nitrogens with zero attached hydrogens (tertiary/aromatic N) is 2. The Morgan fingerprint density at radius 1 is 0.385 bits per heavy atom. The predicted octanol–water partition coefficient (Wildman–Crippen LogP) is 8.99. The molecule has 5 atom stereocenters. The fourth-order valence-electron chi connectivity index (χ4n) is 9.83. The van der Waals surface area contributed by atoms with Crippen LogP contribution < -0.4 is 53.2 Å². The van der Waals surface area contributed by atoms with Gasteiger partial charge >= 0.3 is 12.2 Å². The SMILES string of the molecule is CC(C)(C)NCC1CCCNC1.CC(C)(C)NCC1CCNCC1.CC(C)(C)N[C@@H]1CCN(C(=O)OC(C)(C)C)C1.CC(C)(C)N[C@@H]1CCNC1.CC(C)(C)N[C@H]1CCN(C(=O)OC(C)(C)C)C1.CC(C)(C)N[C@H]1CCNC1. The predicted molar refractivity (Wildman–Crippen MR) is 333 cm³/mol.